The first-order valence-electron chi connectivity index (χ1n) is 7.28. The van der Waals surface area contributed by atoms with E-state index in [1.54, 1.807) is 0 Å². The molecule has 0 unspecified atom stereocenters. The summed E-state index contributed by atoms with van der Waals surface area (Å²) in [7, 11) is 1.30. The molecule has 1 aromatic heterocycles. The van der Waals surface area contributed by atoms with Gasteiger partial charge in [-0.05, 0) is 43.0 Å². The van der Waals surface area contributed by atoms with Gasteiger partial charge in [-0.1, -0.05) is 0 Å². The average molecular weight is 366 g/mol. The number of carbonyl (C=O) groups is 4. The molecule has 0 saturated carbocycles. The van der Waals surface area contributed by atoms with E-state index < -0.39 is 23.0 Å². The smallest absolute Gasteiger partial charge is 0.341 e. The van der Waals surface area contributed by atoms with Gasteiger partial charge in [0, 0.05) is 11.0 Å². The maximum Gasteiger partial charge on any atom is 0.341 e. The molecule has 0 atom stereocenters. The average Bonchev–Trinajstić information content (AvgIpc) is 3.05. The van der Waals surface area contributed by atoms with Gasteiger partial charge < -0.3 is 10.1 Å². The minimum absolute atomic E-state index is 0.0263. The molecule has 2 aliphatic rings. The highest BCUT2D eigenvalue weighted by Gasteiger charge is 2.28. The first-order valence-corrected chi connectivity index (χ1v) is 8.91. The lowest BCUT2D eigenvalue weighted by molar-refractivity contribution is -0.116. The Balaban J connectivity index is 1.87. The predicted molar refractivity (Wildman–Crippen MR) is 90.1 cm³/mol. The Labute approximate surface area is 145 Å². The van der Waals surface area contributed by atoms with Crippen molar-refractivity contribution in [3.63, 3.8) is 0 Å². The van der Waals surface area contributed by atoms with Crippen molar-refractivity contribution in [1.29, 1.82) is 0 Å². The molecule has 24 heavy (non-hydrogen) atoms. The molecule has 1 aliphatic heterocycles. The van der Waals surface area contributed by atoms with Crippen molar-refractivity contribution in [2.75, 3.05) is 12.4 Å². The lowest BCUT2D eigenvalue weighted by atomic mass is 9.95. The molecule has 1 aromatic rings. The van der Waals surface area contributed by atoms with Crippen molar-refractivity contribution < 1.29 is 23.9 Å². The number of aryl methyl sites for hydroxylation is 1. The Morgan fingerprint density at radius 3 is 2.67 bits per heavy atom. The van der Waals surface area contributed by atoms with Crippen molar-refractivity contribution in [2.24, 2.45) is 0 Å². The van der Waals surface area contributed by atoms with Gasteiger partial charge in [0.1, 0.15) is 5.00 Å². The number of thioether (sulfide) groups is 1. The summed E-state index contributed by atoms with van der Waals surface area (Å²) < 4.78 is 4.84. The second-order valence-electron chi connectivity index (χ2n) is 5.25. The van der Waals surface area contributed by atoms with Crippen molar-refractivity contribution in [3.05, 3.63) is 27.0 Å². The number of ether oxygens (including phenoxy) is 1. The molecule has 1 fully saturated rings. The van der Waals surface area contributed by atoms with E-state index in [4.69, 9.17) is 4.74 Å². The van der Waals surface area contributed by atoms with Gasteiger partial charge in [-0.15, -0.1) is 11.3 Å². The SMILES string of the molecule is COC(=O)c1c(NC(=O)/C=C2\SC(=O)NC2=O)sc2c1CCCC2. The Bertz CT molecular complexity index is 781. The van der Waals surface area contributed by atoms with E-state index >= 15 is 0 Å². The zero-order valence-corrected chi connectivity index (χ0v) is 14.4. The highest BCUT2D eigenvalue weighted by molar-refractivity contribution is 8.18. The fourth-order valence-corrected chi connectivity index (χ4v) is 4.59. The van der Waals surface area contributed by atoms with Crippen LogP contribution in [0.25, 0.3) is 0 Å². The van der Waals surface area contributed by atoms with E-state index in [-0.39, 0.29) is 4.91 Å². The summed E-state index contributed by atoms with van der Waals surface area (Å²) in [5, 5.41) is 4.63. The largest absolute Gasteiger partial charge is 0.465 e. The lowest BCUT2D eigenvalue weighted by Gasteiger charge is -2.11. The highest BCUT2D eigenvalue weighted by atomic mass is 32.2. The van der Waals surface area contributed by atoms with Crippen LogP contribution >= 0.6 is 23.1 Å². The van der Waals surface area contributed by atoms with Crippen LogP contribution in [-0.4, -0.2) is 30.1 Å². The minimum Gasteiger partial charge on any atom is -0.465 e. The maximum absolute atomic E-state index is 12.2. The second-order valence-corrected chi connectivity index (χ2v) is 7.37. The Hall–Kier alpha value is -2.13. The van der Waals surface area contributed by atoms with Gasteiger partial charge >= 0.3 is 5.97 Å². The van der Waals surface area contributed by atoms with Crippen molar-refractivity contribution >= 4 is 51.1 Å². The van der Waals surface area contributed by atoms with Crippen LogP contribution in [0.15, 0.2) is 11.0 Å². The molecule has 0 aromatic carbocycles. The van der Waals surface area contributed by atoms with E-state index in [1.165, 1.54) is 18.4 Å². The van der Waals surface area contributed by atoms with E-state index in [0.717, 1.165) is 42.2 Å². The molecule has 126 valence electrons. The number of carbonyl (C=O) groups excluding carboxylic acids is 4. The van der Waals surface area contributed by atoms with Crippen LogP contribution in [0.2, 0.25) is 0 Å². The molecule has 3 amide bonds. The molecular formula is C15H14N2O5S2. The number of nitrogens with one attached hydrogen (secondary N) is 2. The number of hydrogen-bond donors (Lipinski definition) is 2. The summed E-state index contributed by atoms with van der Waals surface area (Å²) >= 11 is 2.02. The Morgan fingerprint density at radius 1 is 1.25 bits per heavy atom. The van der Waals surface area contributed by atoms with E-state index in [2.05, 4.69) is 10.6 Å². The van der Waals surface area contributed by atoms with Crippen LogP contribution in [-0.2, 0) is 27.2 Å². The number of fused-ring (bicyclic) bond motifs is 1. The summed E-state index contributed by atoms with van der Waals surface area (Å²) in [6.07, 6.45) is 4.74. The van der Waals surface area contributed by atoms with Crippen molar-refractivity contribution in [2.45, 2.75) is 25.7 Å². The van der Waals surface area contributed by atoms with Crippen LogP contribution in [0.3, 0.4) is 0 Å². The third-order valence-electron chi connectivity index (χ3n) is 3.70. The second kappa shape index (κ2) is 6.78. The molecule has 0 radical (unpaired) electrons. The minimum atomic E-state index is -0.598. The number of thiophene rings is 1. The molecule has 7 nitrogen and oxygen atoms in total. The van der Waals surface area contributed by atoms with Crippen LogP contribution < -0.4 is 10.6 Å². The standard InChI is InChI=1S/C15H14N2O5S2/c1-22-14(20)11-7-4-2-3-5-8(7)23-13(11)16-10(18)6-9-12(19)17-15(21)24-9/h6H,2-5H2,1H3,(H,16,18)(H,17,19,21)/b9-6-. The molecule has 2 heterocycles. The molecule has 0 bridgehead atoms. The van der Waals surface area contributed by atoms with E-state index in [1.807, 2.05) is 0 Å². The maximum atomic E-state index is 12.2. The van der Waals surface area contributed by atoms with Gasteiger partial charge in [0.15, 0.2) is 0 Å². The molecular weight excluding hydrogens is 352 g/mol. The fraction of sp³-hybridized carbons (Fsp3) is 0.333. The Kier molecular flexibility index (Phi) is 4.72. The van der Waals surface area contributed by atoms with Gasteiger partial charge in [-0.25, -0.2) is 4.79 Å². The number of rotatable bonds is 3. The number of amides is 3. The van der Waals surface area contributed by atoms with E-state index in [9.17, 15) is 19.2 Å². The number of hydrogen-bond acceptors (Lipinski definition) is 7. The first-order chi connectivity index (χ1) is 11.5. The van der Waals surface area contributed by atoms with Gasteiger partial charge in [0.05, 0.1) is 17.6 Å². The quantitative estimate of drug-likeness (QED) is 0.628. The van der Waals surface area contributed by atoms with E-state index in [0.29, 0.717) is 22.3 Å². The molecule has 0 spiro atoms. The molecule has 1 aliphatic carbocycles. The van der Waals surface area contributed by atoms with Crippen molar-refractivity contribution in [1.82, 2.24) is 5.32 Å². The summed E-state index contributed by atoms with van der Waals surface area (Å²) in [5.41, 5.74) is 1.33. The van der Waals surface area contributed by atoms with Gasteiger partial charge in [0.2, 0.25) is 5.91 Å². The third-order valence-corrected chi connectivity index (χ3v) is 5.72. The number of esters is 1. The molecule has 2 N–H and O–H groups in total. The summed E-state index contributed by atoms with van der Waals surface area (Å²) in [6, 6.07) is 0. The molecule has 3 rings (SSSR count). The zero-order valence-electron chi connectivity index (χ0n) is 12.8. The zero-order chi connectivity index (χ0) is 17.3. The van der Waals surface area contributed by atoms with Crippen molar-refractivity contribution in [3.8, 4) is 0 Å². The lowest BCUT2D eigenvalue weighted by Crippen LogP contribution is -2.19. The number of imide groups is 1. The number of anilines is 1. The van der Waals surface area contributed by atoms with Gasteiger partial charge in [-0.2, -0.15) is 0 Å². The van der Waals surface area contributed by atoms with Gasteiger partial charge in [-0.3, -0.25) is 19.7 Å². The predicted octanol–water partition coefficient (Wildman–Crippen LogP) is 2.22. The summed E-state index contributed by atoms with van der Waals surface area (Å²) in [5.74, 6) is -1.65. The monoisotopic (exact) mass is 366 g/mol. The van der Waals surface area contributed by atoms with Crippen LogP contribution in [0.1, 0.15) is 33.6 Å². The van der Waals surface area contributed by atoms with Gasteiger partial charge in [0.25, 0.3) is 11.1 Å². The Morgan fingerprint density at radius 2 is 2.00 bits per heavy atom. The molecule has 9 heteroatoms. The normalized spacial score (nSPS) is 18.3. The highest BCUT2D eigenvalue weighted by Crippen LogP contribution is 2.38. The topological polar surface area (TPSA) is 102 Å². The van der Waals surface area contributed by atoms with Crippen LogP contribution in [0.4, 0.5) is 9.80 Å². The fourth-order valence-electron chi connectivity index (χ4n) is 2.66. The third kappa shape index (κ3) is 3.22. The number of methoxy groups -OCH3 is 1. The first kappa shape index (κ1) is 16.7. The van der Waals surface area contributed by atoms with Crippen LogP contribution in [0, 0.1) is 0 Å². The van der Waals surface area contributed by atoms with Crippen LogP contribution in [0.5, 0.6) is 0 Å². The molecule has 1 saturated heterocycles. The summed E-state index contributed by atoms with van der Waals surface area (Å²) in [6.45, 7) is 0. The summed E-state index contributed by atoms with van der Waals surface area (Å²) in [4.78, 5) is 48.0.